The molecule has 0 amide bonds. The van der Waals surface area contributed by atoms with Gasteiger partial charge >= 0.3 is 0 Å². The lowest BCUT2D eigenvalue weighted by Gasteiger charge is -2.09. The highest BCUT2D eigenvalue weighted by atomic mass is 32.2. The highest BCUT2D eigenvalue weighted by Crippen LogP contribution is 2.36. The van der Waals surface area contributed by atoms with Crippen LogP contribution in [-0.4, -0.2) is 64.6 Å². The largest absolute Gasteiger partial charge is 0.315 e. The number of tetrazole rings is 1. The van der Waals surface area contributed by atoms with E-state index < -0.39 is 0 Å². The van der Waals surface area contributed by atoms with Gasteiger partial charge in [-0.1, -0.05) is 11.8 Å². The maximum atomic E-state index is 4.05. The van der Waals surface area contributed by atoms with Crippen molar-refractivity contribution in [3.05, 3.63) is 0 Å². The van der Waals surface area contributed by atoms with Gasteiger partial charge in [0, 0.05) is 25.4 Å². The lowest BCUT2D eigenvalue weighted by molar-refractivity contribution is 0.403. The Hall–Kier alpha value is -0.660. The summed E-state index contributed by atoms with van der Waals surface area (Å²) in [5, 5.41) is 16.2. The van der Waals surface area contributed by atoms with Crippen LogP contribution in [0.2, 0.25) is 0 Å². The molecule has 1 aromatic heterocycles. The normalized spacial score (nSPS) is 15.7. The van der Waals surface area contributed by atoms with Gasteiger partial charge < -0.3 is 10.2 Å². The van der Waals surface area contributed by atoms with Crippen LogP contribution in [0.1, 0.15) is 18.9 Å². The van der Waals surface area contributed by atoms with E-state index in [0.29, 0.717) is 6.04 Å². The third-order valence-corrected chi connectivity index (χ3v) is 3.54. The van der Waals surface area contributed by atoms with Crippen molar-refractivity contribution < 1.29 is 0 Å². The van der Waals surface area contributed by atoms with Crippen molar-refractivity contribution in [1.82, 2.24) is 30.4 Å². The molecular formula is C10H20N6S. The number of nitrogens with one attached hydrogen (secondary N) is 1. The van der Waals surface area contributed by atoms with E-state index >= 15 is 0 Å². The van der Waals surface area contributed by atoms with Gasteiger partial charge in [0.1, 0.15) is 0 Å². The second-order valence-corrected chi connectivity index (χ2v) is 5.60. The first-order valence-corrected chi connectivity index (χ1v) is 7.02. The van der Waals surface area contributed by atoms with Crippen molar-refractivity contribution in [3.8, 4) is 0 Å². The molecule has 2 rings (SSSR count). The Kier molecular flexibility index (Phi) is 4.75. The zero-order valence-corrected chi connectivity index (χ0v) is 11.3. The van der Waals surface area contributed by atoms with Crippen molar-refractivity contribution in [2.45, 2.75) is 24.0 Å². The standard InChI is InChI=1S/C10H20N6S/c1-15(2)7-5-11-6-8-17-10-12-13-14-16(10)9-3-4-9/h9,11H,3-8H2,1-2H3. The Labute approximate surface area is 106 Å². The maximum Gasteiger partial charge on any atom is 0.209 e. The minimum absolute atomic E-state index is 0.564. The third-order valence-electron chi connectivity index (χ3n) is 2.60. The monoisotopic (exact) mass is 256 g/mol. The van der Waals surface area contributed by atoms with Crippen LogP contribution in [0.4, 0.5) is 0 Å². The fraction of sp³-hybridized carbons (Fsp3) is 0.900. The van der Waals surface area contributed by atoms with Crippen molar-refractivity contribution >= 4 is 11.8 Å². The average Bonchev–Trinajstić information content (AvgIpc) is 3.03. The summed E-state index contributed by atoms with van der Waals surface area (Å²) < 4.78 is 1.96. The Morgan fingerprint density at radius 2 is 2.24 bits per heavy atom. The van der Waals surface area contributed by atoms with Crippen LogP contribution in [-0.2, 0) is 0 Å². The molecule has 17 heavy (non-hydrogen) atoms. The first kappa shape index (κ1) is 12.8. The van der Waals surface area contributed by atoms with Crippen molar-refractivity contribution in [2.24, 2.45) is 0 Å². The van der Waals surface area contributed by atoms with Gasteiger partial charge in [0.25, 0.3) is 0 Å². The fourth-order valence-electron chi connectivity index (χ4n) is 1.47. The first-order chi connectivity index (χ1) is 8.27. The van der Waals surface area contributed by atoms with Crippen molar-refractivity contribution in [3.63, 3.8) is 0 Å². The molecule has 0 radical (unpaired) electrons. The van der Waals surface area contributed by atoms with Gasteiger partial charge in [-0.2, -0.15) is 0 Å². The van der Waals surface area contributed by atoms with Crippen LogP contribution < -0.4 is 5.32 Å². The van der Waals surface area contributed by atoms with E-state index in [0.717, 1.165) is 30.5 Å². The summed E-state index contributed by atoms with van der Waals surface area (Å²) in [6.07, 6.45) is 2.44. The number of thioether (sulfide) groups is 1. The van der Waals surface area contributed by atoms with Crippen LogP contribution in [0.5, 0.6) is 0 Å². The molecule has 0 aliphatic heterocycles. The van der Waals surface area contributed by atoms with E-state index in [1.807, 2.05) is 4.68 Å². The molecule has 1 N–H and O–H groups in total. The Morgan fingerprint density at radius 1 is 1.41 bits per heavy atom. The number of hydrogen-bond acceptors (Lipinski definition) is 6. The van der Waals surface area contributed by atoms with Gasteiger partial charge in [0.2, 0.25) is 5.16 Å². The molecule has 0 spiro atoms. The average molecular weight is 256 g/mol. The Bertz CT molecular complexity index is 335. The fourth-order valence-corrected chi connectivity index (χ4v) is 2.31. The summed E-state index contributed by atoms with van der Waals surface area (Å²) >= 11 is 1.73. The molecule has 0 saturated heterocycles. The number of likely N-dealkylation sites (N-methyl/N-ethyl adjacent to an activating group) is 1. The zero-order chi connectivity index (χ0) is 12.1. The summed E-state index contributed by atoms with van der Waals surface area (Å²) in [5.74, 6) is 1.01. The molecule has 6 nitrogen and oxygen atoms in total. The molecular weight excluding hydrogens is 236 g/mol. The summed E-state index contributed by atoms with van der Waals surface area (Å²) in [5.41, 5.74) is 0. The second-order valence-electron chi connectivity index (χ2n) is 4.54. The lowest BCUT2D eigenvalue weighted by Crippen LogP contribution is -2.28. The molecule has 1 fully saturated rings. The molecule has 96 valence electrons. The molecule has 0 aromatic carbocycles. The van der Waals surface area contributed by atoms with Gasteiger partial charge in [-0.05, 0) is 37.4 Å². The lowest BCUT2D eigenvalue weighted by atomic mass is 10.5. The van der Waals surface area contributed by atoms with Gasteiger partial charge in [0.15, 0.2) is 0 Å². The number of rotatable bonds is 8. The summed E-state index contributed by atoms with van der Waals surface area (Å²) in [6, 6.07) is 0.564. The second kappa shape index (κ2) is 6.32. The van der Waals surface area contributed by atoms with Crippen molar-refractivity contribution in [2.75, 3.05) is 39.5 Å². The smallest absolute Gasteiger partial charge is 0.209 e. The van der Waals surface area contributed by atoms with Crippen LogP contribution >= 0.6 is 11.8 Å². The summed E-state index contributed by atoms with van der Waals surface area (Å²) in [6.45, 7) is 3.10. The molecule has 0 atom stereocenters. The molecule has 1 saturated carbocycles. The first-order valence-electron chi connectivity index (χ1n) is 6.03. The van der Waals surface area contributed by atoms with Gasteiger partial charge in [-0.3, -0.25) is 0 Å². The van der Waals surface area contributed by atoms with E-state index in [1.165, 1.54) is 12.8 Å². The molecule has 0 unspecified atom stereocenters. The van der Waals surface area contributed by atoms with Crippen LogP contribution in [0.25, 0.3) is 0 Å². The number of nitrogens with zero attached hydrogens (tertiary/aromatic N) is 5. The van der Waals surface area contributed by atoms with E-state index in [2.05, 4.69) is 39.8 Å². The predicted molar refractivity (Wildman–Crippen MR) is 68.2 cm³/mol. The Balaban J connectivity index is 1.59. The number of aromatic nitrogens is 4. The third kappa shape index (κ3) is 4.25. The van der Waals surface area contributed by atoms with Crippen LogP contribution in [0.3, 0.4) is 0 Å². The molecule has 7 heteroatoms. The summed E-state index contributed by atoms with van der Waals surface area (Å²) in [4.78, 5) is 2.17. The van der Waals surface area contributed by atoms with Crippen LogP contribution in [0, 0.1) is 0 Å². The minimum Gasteiger partial charge on any atom is -0.315 e. The molecule has 1 aliphatic carbocycles. The minimum atomic E-state index is 0.564. The predicted octanol–water partition coefficient (Wildman–Crippen LogP) is 0.251. The topological polar surface area (TPSA) is 58.9 Å². The van der Waals surface area contributed by atoms with Gasteiger partial charge in [-0.15, -0.1) is 5.10 Å². The highest BCUT2D eigenvalue weighted by molar-refractivity contribution is 7.99. The molecule has 1 aliphatic rings. The van der Waals surface area contributed by atoms with Crippen molar-refractivity contribution in [1.29, 1.82) is 0 Å². The van der Waals surface area contributed by atoms with Gasteiger partial charge in [-0.25, -0.2) is 4.68 Å². The van der Waals surface area contributed by atoms with E-state index in [9.17, 15) is 0 Å². The maximum absolute atomic E-state index is 4.05. The van der Waals surface area contributed by atoms with E-state index in [4.69, 9.17) is 0 Å². The van der Waals surface area contributed by atoms with Gasteiger partial charge in [0.05, 0.1) is 6.04 Å². The zero-order valence-electron chi connectivity index (χ0n) is 10.5. The van der Waals surface area contributed by atoms with Crippen LogP contribution in [0.15, 0.2) is 5.16 Å². The van der Waals surface area contributed by atoms with E-state index in [-0.39, 0.29) is 0 Å². The molecule has 1 aromatic rings. The van der Waals surface area contributed by atoms with E-state index in [1.54, 1.807) is 11.8 Å². The summed E-state index contributed by atoms with van der Waals surface area (Å²) in [7, 11) is 4.17. The Morgan fingerprint density at radius 3 is 2.94 bits per heavy atom. The SMILES string of the molecule is CN(C)CCNCCSc1nnnn1C1CC1. The quantitative estimate of drug-likeness (QED) is 0.531. The molecule has 1 heterocycles. The molecule has 0 bridgehead atoms. The highest BCUT2D eigenvalue weighted by Gasteiger charge is 2.27. The number of hydrogen-bond donors (Lipinski definition) is 1.